The van der Waals surface area contributed by atoms with Crippen molar-refractivity contribution in [3.63, 3.8) is 0 Å². The van der Waals surface area contributed by atoms with Crippen LogP contribution in [0.25, 0.3) is 0 Å². The highest BCUT2D eigenvalue weighted by atomic mass is 16.6. The Morgan fingerprint density at radius 2 is 0.854 bits per heavy atom. The molecule has 2 N–H and O–H groups in total. The van der Waals surface area contributed by atoms with E-state index >= 15 is 0 Å². The highest BCUT2D eigenvalue weighted by molar-refractivity contribution is 5.90. The Kier molecular flexibility index (Phi) is 10.7. The van der Waals surface area contributed by atoms with Gasteiger partial charge in [-0.25, -0.2) is 9.59 Å². The van der Waals surface area contributed by atoms with Crippen LogP contribution in [0.1, 0.15) is 20.7 Å². The Hall–Kier alpha value is -4.86. The Morgan fingerprint density at radius 1 is 0.488 bits per heavy atom. The first kappa shape index (κ1) is 29.1. The van der Waals surface area contributed by atoms with Crippen molar-refractivity contribution in [2.45, 2.75) is 12.2 Å². The summed E-state index contributed by atoms with van der Waals surface area (Å²) in [5.41, 5.74) is 0.589. The van der Waals surface area contributed by atoms with E-state index in [-0.39, 0.29) is 26.4 Å². The molecule has 0 heterocycles. The van der Waals surface area contributed by atoms with Crippen molar-refractivity contribution in [1.82, 2.24) is 0 Å². The lowest BCUT2D eigenvalue weighted by Gasteiger charge is -2.13. The van der Waals surface area contributed by atoms with E-state index in [1.807, 2.05) is 36.4 Å². The predicted molar refractivity (Wildman–Crippen MR) is 149 cm³/mol. The summed E-state index contributed by atoms with van der Waals surface area (Å²) in [5.74, 6) is 0.987. The molecule has 0 aliphatic carbocycles. The van der Waals surface area contributed by atoms with Crippen molar-refractivity contribution in [2.75, 3.05) is 26.4 Å². The molecule has 41 heavy (non-hydrogen) atoms. The third-order valence-electron chi connectivity index (χ3n) is 5.60. The Labute approximate surface area is 237 Å². The molecule has 9 heteroatoms. The van der Waals surface area contributed by atoms with E-state index in [2.05, 4.69) is 0 Å². The van der Waals surface area contributed by atoms with Crippen LogP contribution in [-0.2, 0) is 9.47 Å². The lowest BCUT2D eigenvalue weighted by atomic mass is 10.2. The van der Waals surface area contributed by atoms with Gasteiger partial charge in [0.15, 0.2) is 0 Å². The number of hydrogen-bond acceptors (Lipinski definition) is 9. The number of aliphatic hydroxyl groups is 2. The smallest absolute Gasteiger partial charge is 0.338 e. The second-order valence-electron chi connectivity index (χ2n) is 8.90. The van der Waals surface area contributed by atoms with E-state index in [1.165, 1.54) is 0 Å². The van der Waals surface area contributed by atoms with Crippen LogP contribution >= 0.6 is 0 Å². The molecular weight excluding hydrogens is 528 g/mol. The Bertz CT molecular complexity index is 1250. The van der Waals surface area contributed by atoms with Crippen molar-refractivity contribution in [1.29, 1.82) is 0 Å². The number of ether oxygens (including phenoxy) is 5. The summed E-state index contributed by atoms with van der Waals surface area (Å²) in [6, 6.07) is 30.7. The summed E-state index contributed by atoms with van der Waals surface area (Å²) in [4.78, 5) is 24.6. The lowest BCUT2D eigenvalue weighted by molar-refractivity contribution is 0.0127. The third kappa shape index (κ3) is 9.68. The molecule has 4 aromatic carbocycles. The number of para-hydroxylation sites is 2. The van der Waals surface area contributed by atoms with Gasteiger partial charge in [0.05, 0.1) is 11.1 Å². The summed E-state index contributed by atoms with van der Waals surface area (Å²) in [7, 11) is 0. The van der Waals surface area contributed by atoms with E-state index < -0.39 is 24.1 Å². The minimum atomic E-state index is -0.972. The van der Waals surface area contributed by atoms with Gasteiger partial charge >= 0.3 is 11.9 Å². The molecule has 2 unspecified atom stereocenters. The molecule has 0 spiro atoms. The predicted octanol–water partition coefficient (Wildman–Crippen LogP) is 4.67. The van der Waals surface area contributed by atoms with Gasteiger partial charge < -0.3 is 33.9 Å². The van der Waals surface area contributed by atoms with Crippen molar-refractivity contribution in [3.8, 4) is 23.0 Å². The monoisotopic (exact) mass is 558 g/mol. The van der Waals surface area contributed by atoms with Gasteiger partial charge in [-0.3, -0.25) is 0 Å². The summed E-state index contributed by atoms with van der Waals surface area (Å²) < 4.78 is 27.0. The molecule has 2 atom stereocenters. The van der Waals surface area contributed by atoms with Gasteiger partial charge in [0.1, 0.15) is 61.6 Å². The van der Waals surface area contributed by atoms with Crippen molar-refractivity contribution >= 4 is 11.9 Å². The van der Waals surface area contributed by atoms with Crippen molar-refractivity contribution in [3.05, 3.63) is 120 Å². The van der Waals surface area contributed by atoms with Gasteiger partial charge in [-0.1, -0.05) is 36.4 Å². The molecule has 0 bridgehead atoms. The SMILES string of the molecule is O=C(OCC(O)COc1ccccc1)c1ccc(Oc2ccc(C(=O)OCC(O)COc3ccccc3)cc2)cc1. The average molecular weight is 559 g/mol. The van der Waals surface area contributed by atoms with Crippen LogP contribution in [-0.4, -0.2) is 60.8 Å². The minimum absolute atomic E-state index is 0.00769. The second-order valence-corrected chi connectivity index (χ2v) is 8.90. The van der Waals surface area contributed by atoms with Gasteiger partial charge in [-0.15, -0.1) is 0 Å². The molecule has 0 aliphatic rings. The van der Waals surface area contributed by atoms with Gasteiger partial charge in [-0.2, -0.15) is 0 Å². The molecule has 4 aromatic rings. The number of hydrogen-bond donors (Lipinski definition) is 2. The minimum Gasteiger partial charge on any atom is -0.491 e. The van der Waals surface area contributed by atoms with Crippen LogP contribution in [0.15, 0.2) is 109 Å². The van der Waals surface area contributed by atoms with Crippen LogP contribution in [0.3, 0.4) is 0 Å². The zero-order valence-corrected chi connectivity index (χ0v) is 22.1. The standard InChI is InChI=1S/C32H30O9/c33-25(19-37-27-7-3-1-4-8-27)21-39-31(35)23-11-15-29(16-12-23)41-30-17-13-24(14-18-30)32(36)40-22-26(34)20-38-28-9-5-2-6-10-28/h1-18,25-26,33-34H,19-22H2. The summed E-state index contributed by atoms with van der Waals surface area (Å²) in [5, 5.41) is 20.0. The Morgan fingerprint density at radius 3 is 1.22 bits per heavy atom. The van der Waals surface area contributed by atoms with E-state index in [9.17, 15) is 19.8 Å². The van der Waals surface area contributed by atoms with Crippen molar-refractivity contribution < 1.29 is 43.5 Å². The fraction of sp³-hybridized carbons (Fsp3) is 0.188. The third-order valence-corrected chi connectivity index (χ3v) is 5.60. The molecule has 0 radical (unpaired) electrons. The average Bonchev–Trinajstić information content (AvgIpc) is 3.02. The van der Waals surface area contributed by atoms with Crippen LogP contribution in [0, 0.1) is 0 Å². The van der Waals surface area contributed by atoms with E-state index in [1.54, 1.807) is 72.8 Å². The summed E-state index contributed by atoms with van der Waals surface area (Å²) in [6.07, 6.45) is -1.94. The molecule has 4 rings (SSSR count). The highest BCUT2D eigenvalue weighted by Crippen LogP contribution is 2.23. The number of benzene rings is 4. The summed E-state index contributed by atoms with van der Waals surface area (Å²) in [6.45, 7) is -0.434. The number of rotatable bonds is 14. The molecule has 0 aliphatic heterocycles. The number of carbonyl (C=O) groups is 2. The molecular formula is C32H30O9. The molecule has 0 amide bonds. The number of aliphatic hydroxyl groups excluding tert-OH is 2. The first-order valence-electron chi connectivity index (χ1n) is 12.9. The second kappa shape index (κ2) is 15.1. The maximum absolute atomic E-state index is 12.3. The van der Waals surface area contributed by atoms with Crippen LogP contribution in [0.2, 0.25) is 0 Å². The van der Waals surface area contributed by atoms with Crippen LogP contribution in [0.5, 0.6) is 23.0 Å². The van der Waals surface area contributed by atoms with Gasteiger partial charge in [0.2, 0.25) is 0 Å². The molecule has 0 saturated heterocycles. The molecule has 0 saturated carbocycles. The first-order chi connectivity index (χ1) is 20.0. The van der Waals surface area contributed by atoms with Gasteiger partial charge in [0, 0.05) is 0 Å². The van der Waals surface area contributed by atoms with E-state index in [0.29, 0.717) is 34.1 Å². The van der Waals surface area contributed by atoms with Crippen LogP contribution < -0.4 is 14.2 Å². The number of carbonyl (C=O) groups excluding carboxylic acids is 2. The molecule has 0 aromatic heterocycles. The fourth-order valence-electron chi connectivity index (χ4n) is 3.48. The molecule has 0 fully saturated rings. The van der Waals surface area contributed by atoms with Gasteiger partial charge in [0.25, 0.3) is 0 Å². The van der Waals surface area contributed by atoms with Crippen LogP contribution in [0.4, 0.5) is 0 Å². The summed E-state index contributed by atoms with van der Waals surface area (Å²) >= 11 is 0. The van der Waals surface area contributed by atoms with Crippen molar-refractivity contribution in [2.24, 2.45) is 0 Å². The quantitative estimate of drug-likeness (QED) is 0.213. The maximum atomic E-state index is 12.3. The normalized spacial score (nSPS) is 12.0. The largest absolute Gasteiger partial charge is 0.491 e. The van der Waals surface area contributed by atoms with E-state index in [0.717, 1.165) is 0 Å². The first-order valence-corrected chi connectivity index (χ1v) is 12.9. The highest BCUT2D eigenvalue weighted by Gasteiger charge is 2.14. The van der Waals surface area contributed by atoms with E-state index in [4.69, 9.17) is 23.7 Å². The lowest BCUT2D eigenvalue weighted by Crippen LogP contribution is -2.25. The molecule has 212 valence electrons. The molecule has 9 nitrogen and oxygen atoms in total. The topological polar surface area (TPSA) is 121 Å². The fourth-order valence-corrected chi connectivity index (χ4v) is 3.48. The number of esters is 2. The zero-order valence-electron chi connectivity index (χ0n) is 22.1. The van der Waals surface area contributed by atoms with Gasteiger partial charge in [-0.05, 0) is 72.8 Å². The zero-order chi connectivity index (χ0) is 28.9. The maximum Gasteiger partial charge on any atom is 0.338 e. The Balaban J connectivity index is 1.17.